The number of thioether (sulfide) groups is 1. The highest BCUT2D eigenvalue weighted by atomic mass is 32.2. The highest BCUT2D eigenvalue weighted by Gasteiger charge is 2.20. The van der Waals surface area contributed by atoms with Crippen molar-refractivity contribution < 1.29 is 4.79 Å². The van der Waals surface area contributed by atoms with Gasteiger partial charge in [-0.15, -0.1) is 0 Å². The van der Waals surface area contributed by atoms with Crippen LogP contribution >= 0.6 is 11.8 Å². The van der Waals surface area contributed by atoms with Crippen LogP contribution in [0.2, 0.25) is 0 Å². The van der Waals surface area contributed by atoms with Crippen LogP contribution in [-0.2, 0) is 0 Å². The Kier molecular flexibility index (Phi) is 2.52. The van der Waals surface area contributed by atoms with E-state index >= 15 is 0 Å². The standard InChI is InChI=1S/C15H12OS/c1-10-6-7-14-11(8-10)9-13(16)12-4-2-3-5-15(12)17-14/h2-7,9H,8H2,1H3. The van der Waals surface area contributed by atoms with Gasteiger partial charge in [0.15, 0.2) is 5.78 Å². The molecule has 0 atom stereocenters. The second kappa shape index (κ2) is 4.04. The molecule has 0 saturated heterocycles. The average Bonchev–Trinajstić information content (AvgIpc) is 2.46. The minimum absolute atomic E-state index is 0.126. The third kappa shape index (κ3) is 1.89. The fourth-order valence-electron chi connectivity index (χ4n) is 2.11. The lowest BCUT2D eigenvalue weighted by Crippen LogP contribution is -1.97. The molecule has 1 aliphatic carbocycles. The number of hydrogen-bond acceptors (Lipinski definition) is 2. The molecule has 17 heavy (non-hydrogen) atoms. The molecule has 1 aromatic rings. The summed E-state index contributed by atoms with van der Waals surface area (Å²) in [6.45, 7) is 2.10. The van der Waals surface area contributed by atoms with E-state index in [1.54, 1.807) is 17.8 Å². The van der Waals surface area contributed by atoms with Crippen molar-refractivity contribution >= 4 is 17.5 Å². The van der Waals surface area contributed by atoms with Crippen LogP contribution in [0.15, 0.2) is 63.4 Å². The van der Waals surface area contributed by atoms with E-state index in [-0.39, 0.29) is 5.78 Å². The maximum absolute atomic E-state index is 12.1. The Morgan fingerprint density at radius 1 is 1.18 bits per heavy atom. The van der Waals surface area contributed by atoms with Gasteiger partial charge in [0.2, 0.25) is 0 Å². The van der Waals surface area contributed by atoms with Crippen LogP contribution in [0, 0.1) is 0 Å². The normalized spacial score (nSPS) is 18.4. The highest BCUT2D eigenvalue weighted by Crippen LogP contribution is 2.41. The molecular weight excluding hydrogens is 228 g/mol. The van der Waals surface area contributed by atoms with Crippen LogP contribution < -0.4 is 0 Å². The molecule has 0 bridgehead atoms. The molecule has 0 aromatic heterocycles. The topological polar surface area (TPSA) is 17.1 Å². The predicted octanol–water partition coefficient (Wildman–Crippen LogP) is 4.14. The van der Waals surface area contributed by atoms with Gasteiger partial charge in [-0.2, -0.15) is 0 Å². The minimum atomic E-state index is 0.126. The number of benzene rings is 1. The van der Waals surface area contributed by atoms with Crippen LogP contribution in [0.1, 0.15) is 23.7 Å². The highest BCUT2D eigenvalue weighted by molar-refractivity contribution is 8.03. The SMILES string of the molecule is CC1=CC=C2Sc3ccccc3C(=O)C=C2C1. The van der Waals surface area contributed by atoms with Crippen molar-refractivity contribution in [2.24, 2.45) is 0 Å². The van der Waals surface area contributed by atoms with Crippen LogP contribution in [0.25, 0.3) is 0 Å². The number of carbonyl (C=O) groups excluding carboxylic acids is 1. The Bertz CT molecular complexity index is 591. The molecule has 1 nitrogen and oxygen atoms in total. The molecule has 1 aliphatic heterocycles. The molecule has 0 N–H and O–H groups in total. The third-order valence-corrected chi connectivity index (χ3v) is 4.18. The van der Waals surface area contributed by atoms with Crippen molar-refractivity contribution in [3.8, 4) is 0 Å². The van der Waals surface area contributed by atoms with Crippen LogP contribution in [-0.4, -0.2) is 5.78 Å². The first-order valence-corrected chi connectivity index (χ1v) is 6.45. The van der Waals surface area contributed by atoms with Crippen LogP contribution in [0.4, 0.5) is 0 Å². The molecule has 2 aliphatic rings. The van der Waals surface area contributed by atoms with Crippen molar-refractivity contribution in [2.75, 3.05) is 0 Å². The summed E-state index contributed by atoms with van der Waals surface area (Å²) in [5, 5.41) is 0. The van der Waals surface area contributed by atoms with Crippen molar-refractivity contribution in [1.29, 1.82) is 0 Å². The molecule has 0 spiro atoms. The zero-order valence-corrected chi connectivity index (χ0v) is 10.4. The largest absolute Gasteiger partial charge is 0.289 e. The summed E-state index contributed by atoms with van der Waals surface area (Å²) in [4.78, 5) is 14.4. The van der Waals surface area contributed by atoms with Gasteiger partial charge in [-0.25, -0.2) is 0 Å². The second-order valence-corrected chi connectivity index (χ2v) is 5.44. The van der Waals surface area contributed by atoms with Crippen LogP contribution in [0.3, 0.4) is 0 Å². The molecule has 1 aromatic carbocycles. The lowest BCUT2D eigenvalue weighted by molar-refractivity contribution is 0.104. The Morgan fingerprint density at radius 2 is 2.00 bits per heavy atom. The maximum Gasteiger partial charge on any atom is 0.187 e. The summed E-state index contributed by atoms with van der Waals surface area (Å²) in [6, 6.07) is 7.82. The number of rotatable bonds is 0. The van der Waals surface area contributed by atoms with Crippen molar-refractivity contribution in [2.45, 2.75) is 18.2 Å². The molecule has 0 amide bonds. The number of hydrogen-bond donors (Lipinski definition) is 0. The second-order valence-electron chi connectivity index (χ2n) is 4.35. The molecule has 0 radical (unpaired) electrons. The van der Waals surface area contributed by atoms with Crippen molar-refractivity contribution in [1.82, 2.24) is 0 Å². The number of allylic oxidation sites excluding steroid dienone is 5. The fourth-order valence-corrected chi connectivity index (χ4v) is 3.17. The molecule has 3 rings (SSSR count). The minimum Gasteiger partial charge on any atom is -0.289 e. The first-order chi connectivity index (χ1) is 8.24. The van der Waals surface area contributed by atoms with E-state index in [1.807, 2.05) is 24.3 Å². The monoisotopic (exact) mass is 240 g/mol. The van der Waals surface area contributed by atoms with Gasteiger partial charge in [-0.05, 0) is 43.2 Å². The van der Waals surface area contributed by atoms with Gasteiger partial charge in [0.25, 0.3) is 0 Å². The average molecular weight is 240 g/mol. The first-order valence-electron chi connectivity index (χ1n) is 5.63. The maximum atomic E-state index is 12.1. The number of fused-ring (bicyclic) bond motifs is 2. The smallest absolute Gasteiger partial charge is 0.187 e. The summed E-state index contributed by atoms with van der Waals surface area (Å²) in [5.41, 5.74) is 3.27. The Hall–Kier alpha value is -1.54. The molecule has 0 fully saturated rings. The first kappa shape index (κ1) is 10.6. The molecule has 2 heteroatoms. The van der Waals surface area contributed by atoms with Crippen molar-refractivity contribution in [3.63, 3.8) is 0 Å². The van der Waals surface area contributed by atoms with Gasteiger partial charge in [-0.3, -0.25) is 4.79 Å². The zero-order chi connectivity index (χ0) is 11.8. The van der Waals surface area contributed by atoms with Gasteiger partial charge >= 0.3 is 0 Å². The number of carbonyl (C=O) groups is 1. The number of ketones is 1. The summed E-state index contributed by atoms with van der Waals surface area (Å²) in [6.07, 6.45) is 6.93. The molecule has 0 saturated carbocycles. The van der Waals surface area contributed by atoms with E-state index in [9.17, 15) is 4.79 Å². The van der Waals surface area contributed by atoms with E-state index in [4.69, 9.17) is 0 Å². The third-order valence-electron chi connectivity index (χ3n) is 2.98. The Morgan fingerprint density at radius 3 is 2.88 bits per heavy atom. The van der Waals surface area contributed by atoms with Gasteiger partial charge in [-0.1, -0.05) is 35.5 Å². The van der Waals surface area contributed by atoms with Crippen LogP contribution in [0.5, 0.6) is 0 Å². The van der Waals surface area contributed by atoms with E-state index in [1.165, 1.54) is 10.5 Å². The molecule has 0 unspecified atom stereocenters. The zero-order valence-electron chi connectivity index (χ0n) is 9.57. The molecule has 84 valence electrons. The van der Waals surface area contributed by atoms with Gasteiger partial charge in [0, 0.05) is 15.4 Å². The Labute approximate surface area is 105 Å². The van der Waals surface area contributed by atoms with Crippen molar-refractivity contribution in [3.05, 3.63) is 64.1 Å². The lowest BCUT2D eigenvalue weighted by atomic mass is 9.98. The lowest BCUT2D eigenvalue weighted by Gasteiger charge is -2.13. The van der Waals surface area contributed by atoms with Gasteiger partial charge in [0.05, 0.1) is 0 Å². The predicted molar refractivity (Wildman–Crippen MR) is 71.2 cm³/mol. The summed E-state index contributed by atoms with van der Waals surface area (Å²) in [7, 11) is 0. The Balaban J connectivity index is 2.14. The summed E-state index contributed by atoms with van der Waals surface area (Å²) in [5.74, 6) is 0.126. The van der Waals surface area contributed by atoms with E-state index in [0.29, 0.717) is 0 Å². The quantitative estimate of drug-likeness (QED) is 0.678. The van der Waals surface area contributed by atoms with Gasteiger partial charge in [0.1, 0.15) is 0 Å². The molecule has 1 heterocycles. The van der Waals surface area contributed by atoms with Gasteiger partial charge < -0.3 is 0 Å². The molecular formula is C15H12OS. The fraction of sp³-hybridized carbons (Fsp3) is 0.133. The van der Waals surface area contributed by atoms with E-state index < -0.39 is 0 Å². The van der Waals surface area contributed by atoms with E-state index in [0.717, 1.165) is 22.5 Å². The summed E-state index contributed by atoms with van der Waals surface area (Å²) >= 11 is 1.69. The summed E-state index contributed by atoms with van der Waals surface area (Å²) < 4.78 is 0. The van der Waals surface area contributed by atoms with E-state index in [2.05, 4.69) is 19.1 Å².